The number of hydrogen-bond donors (Lipinski definition) is 0. The van der Waals surface area contributed by atoms with Crippen LogP contribution in [0.3, 0.4) is 0 Å². The number of ketones is 1. The van der Waals surface area contributed by atoms with Crippen LogP contribution in [0.1, 0.15) is 18.9 Å². The minimum Gasteiger partial charge on any atom is -0.466 e. The van der Waals surface area contributed by atoms with Gasteiger partial charge in [-0.15, -0.1) is 5.10 Å². The Morgan fingerprint density at radius 1 is 1.19 bits per heavy atom. The van der Waals surface area contributed by atoms with E-state index < -0.39 is 5.97 Å². The maximum atomic E-state index is 11.9. The molecule has 0 fully saturated rings. The average Bonchev–Trinajstić information content (AvgIpc) is 3.05. The molecule has 0 spiro atoms. The van der Waals surface area contributed by atoms with Gasteiger partial charge in [0, 0.05) is 0 Å². The first-order valence-electron chi connectivity index (χ1n) is 8.02. The maximum Gasteiger partial charge on any atom is 0.313 e. The molecule has 2 aromatic heterocycles. The Hall–Kier alpha value is -2.81. The largest absolute Gasteiger partial charge is 0.466 e. The number of thioether (sulfide) groups is 1. The van der Waals surface area contributed by atoms with Crippen LogP contribution in [0.2, 0.25) is 0 Å². The summed E-state index contributed by atoms with van der Waals surface area (Å²) in [5.74, 6) is -0.648. The fourth-order valence-corrected chi connectivity index (χ4v) is 3.06. The second-order valence-electron chi connectivity index (χ2n) is 5.50. The number of Topliss-reactive ketones (excluding diaryl/α,β-unsaturated/α-hetero) is 1. The molecular weight excluding hydrogens is 354 g/mol. The van der Waals surface area contributed by atoms with Gasteiger partial charge in [-0.1, -0.05) is 34.7 Å². The van der Waals surface area contributed by atoms with Gasteiger partial charge in [0.1, 0.15) is 17.8 Å². The van der Waals surface area contributed by atoms with Crippen LogP contribution in [0.5, 0.6) is 0 Å². The number of rotatable bonds is 7. The van der Waals surface area contributed by atoms with Crippen LogP contribution in [0, 0.1) is 6.92 Å². The van der Waals surface area contributed by atoms with Crippen LogP contribution in [0.25, 0.3) is 16.9 Å². The van der Waals surface area contributed by atoms with Crippen molar-refractivity contribution in [1.29, 1.82) is 0 Å². The Bertz CT molecular complexity index is 939. The molecule has 0 saturated heterocycles. The summed E-state index contributed by atoms with van der Waals surface area (Å²) in [6, 6.07) is 7.82. The van der Waals surface area contributed by atoms with Gasteiger partial charge < -0.3 is 4.74 Å². The van der Waals surface area contributed by atoms with Crippen LogP contribution >= 0.6 is 11.8 Å². The van der Waals surface area contributed by atoms with E-state index in [0.717, 1.165) is 11.3 Å². The van der Waals surface area contributed by atoms with E-state index in [1.807, 2.05) is 31.2 Å². The number of ether oxygens (including phenoxy) is 1. The summed E-state index contributed by atoms with van der Waals surface area (Å²) < 4.78 is 6.40. The van der Waals surface area contributed by atoms with E-state index in [2.05, 4.69) is 20.3 Å². The Kier molecular flexibility index (Phi) is 5.57. The summed E-state index contributed by atoms with van der Waals surface area (Å²) in [4.78, 5) is 31.7. The van der Waals surface area contributed by atoms with Gasteiger partial charge in [-0.25, -0.2) is 9.97 Å². The highest BCUT2D eigenvalue weighted by atomic mass is 32.2. The van der Waals surface area contributed by atoms with Gasteiger partial charge in [0.05, 0.1) is 18.0 Å². The van der Waals surface area contributed by atoms with Crippen LogP contribution in [-0.4, -0.2) is 49.1 Å². The van der Waals surface area contributed by atoms with Crippen molar-refractivity contribution in [3.63, 3.8) is 0 Å². The molecule has 26 heavy (non-hydrogen) atoms. The molecule has 0 unspecified atom stereocenters. The highest BCUT2D eigenvalue weighted by Gasteiger charge is 2.16. The lowest BCUT2D eigenvalue weighted by Gasteiger charge is -2.03. The fourth-order valence-electron chi connectivity index (χ4n) is 2.27. The molecular formula is C17H17N5O3S. The molecule has 0 aliphatic rings. The zero-order valence-corrected chi connectivity index (χ0v) is 15.2. The third-order valence-corrected chi connectivity index (χ3v) is 4.54. The standard InChI is InChI=1S/C17H17N5O3S/c1-3-25-14(24)8-13(23)9-26-17-15-16(18-10-19-17)22(21-20-15)12-6-4-11(2)5-7-12/h4-7,10H,3,8-9H2,1-2H3. The quantitative estimate of drug-likeness (QED) is 0.269. The number of fused-ring (bicyclic) bond motifs is 1. The minimum absolute atomic E-state index is 0.0995. The third-order valence-electron chi connectivity index (χ3n) is 3.50. The molecule has 3 rings (SSSR count). The monoisotopic (exact) mass is 371 g/mol. The van der Waals surface area contributed by atoms with Crippen molar-refractivity contribution in [3.8, 4) is 5.69 Å². The lowest BCUT2D eigenvalue weighted by molar-refractivity contribution is -0.145. The first-order chi connectivity index (χ1) is 12.6. The summed E-state index contributed by atoms with van der Waals surface area (Å²) in [6.07, 6.45) is 1.17. The molecule has 0 amide bonds. The normalized spacial score (nSPS) is 10.8. The predicted octanol–water partition coefficient (Wildman–Crippen LogP) is 2.13. The van der Waals surface area contributed by atoms with Crippen LogP contribution in [0.15, 0.2) is 35.6 Å². The van der Waals surface area contributed by atoms with Crippen molar-refractivity contribution in [2.24, 2.45) is 0 Å². The SMILES string of the molecule is CCOC(=O)CC(=O)CSc1ncnc2c1nnn2-c1ccc(C)cc1. The van der Waals surface area contributed by atoms with Crippen molar-refractivity contribution in [2.45, 2.75) is 25.3 Å². The van der Waals surface area contributed by atoms with E-state index in [0.29, 0.717) is 16.2 Å². The van der Waals surface area contributed by atoms with E-state index in [1.165, 1.54) is 18.1 Å². The Balaban J connectivity index is 1.77. The molecule has 0 radical (unpaired) electrons. The number of carbonyl (C=O) groups excluding carboxylic acids is 2. The topological polar surface area (TPSA) is 99.9 Å². The summed E-state index contributed by atoms with van der Waals surface area (Å²) in [6.45, 7) is 3.97. The third kappa shape index (κ3) is 4.05. The molecule has 0 N–H and O–H groups in total. The van der Waals surface area contributed by atoms with Crippen LogP contribution in [-0.2, 0) is 14.3 Å². The summed E-state index contributed by atoms with van der Waals surface area (Å²) in [5.41, 5.74) is 3.06. The van der Waals surface area contributed by atoms with Gasteiger partial charge in [0.25, 0.3) is 0 Å². The average molecular weight is 371 g/mol. The van der Waals surface area contributed by atoms with Crippen LogP contribution in [0.4, 0.5) is 0 Å². The van der Waals surface area contributed by atoms with E-state index >= 15 is 0 Å². The Morgan fingerprint density at radius 3 is 2.69 bits per heavy atom. The minimum atomic E-state index is -0.517. The summed E-state index contributed by atoms with van der Waals surface area (Å²) in [5, 5.41) is 8.84. The van der Waals surface area contributed by atoms with Gasteiger partial charge in [0.15, 0.2) is 16.9 Å². The number of hydrogen-bond acceptors (Lipinski definition) is 8. The summed E-state index contributed by atoms with van der Waals surface area (Å²) >= 11 is 1.20. The fraction of sp³-hybridized carbons (Fsp3) is 0.294. The first-order valence-corrected chi connectivity index (χ1v) is 9.00. The Labute approximate surface area is 154 Å². The molecule has 0 atom stereocenters. The van der Waals surface area contributed by atoms with E-state index in [4.69, 9.17) is 4.74 Å². The van der Waals surface area contributed by atoms with E-state index in [9.17, 15) is 9.59 Å². The highest BCUT2D eigenvalue weighted by molar-refractivity contribution is 8.00. The molecule has 1 aromatic carbocycles. The van der Waals surface area contributed by atoms with Crippen molar-refractivity contribution in [2.75, 3.05) is 12.4 Å². The van der Waals surface area contributed by atoms with Crippen molar-refractivity contribution < 1.29 is 14.3 Å². The Morgan fingerprint density at radius 2 is 1.96 bits per heavy atom. The predicted molar refractivity (Wildman–Crippen MR) is 96.2 cm³/mol. The van der Waals surface area contributed by atoms with E-state index in [-0.39, 0.29) is 24.6 Å². The number of aryl methyl sites for hydroxylation is 1. The smallest absolute Gasteiger partial charge is 0.313 e. The van der Waals surface area contributed by atoms with Gasteiger partial charge in [-0.2, -0.15) is 4.68 Å². The second-order valence-corrected chi connectivity index (χ2v) is 6.46. The first kappa shape index (κ1) is 18.0. The number of aromatic nitrogens is 5. The molecule has 9 heteroatoms. The molecule has 0 saturated carbocycles. The number of esters is 1. The van der Waals surface area contributed by atoms with Crippen LogP contribution < -0.4 is 0 Å². The number of benzene rings is 1. The molecule has 0 aliphatic heterocycles. The molecule has 0 aliphatic carbocycles. The molecule has 3 aromatic rings. The molecule has 8 nitrogen and oxygen atoms in total. The molecule has 2 heterocycles. The summed E-state index contributed by atoms with van der Waals surface area (Å²) in [7, 11) is 0. The van der Waals surface area contributed by atoms with Crippen molar-refractivity contribution in [3.05, 3.63) is 36.2 Å². The zero-order valence-electron chi connectivity index (χ0n) is 14.4. The number of nitrogens with zero attached hydrogens (tertiary/aromatic N) is 5. The highest BCUT2D eigenvalue weighted by Crippen LogP contribution is 2.24. The van der Waals surface area contributed by atoms with Crippen molar-refractivity contribution in [1.82, 2.24) is 25.0 Å². The van der Waals surface area contributed by atoms with Gasteiger partial charge >= 0.3 is 5.97 Å². The zero-order chi connectivity index (χ0) is 18.5. The number of carbonyl (C=O) groups is 2. The van der Waals surface area contributed by atoms with E-state index in [1.54, 1.807) is 11.6 Å². The van der Waals surface area contributed by atoms with Gasteiger partial charge in [0.2, 0.25) is 0 Å². The molecule has 0 bridgehead atoms. The lowest BCUT2D eigenvalue weighted by atomic mass is 10.2. The lowest BCUT2D eigenvalue weighted by Crippen LogP contribution is -2.12. The van der Waals surface area contributed by atoms with Gasteiger partial charge in [-0.3, -0.25) is 9.59 Å². The van der Waals surface area contributed by atoms with Gasteiger partial charge in [-0.05, 0) is 26.0 Å². The molecule has 134 valence electrons. The maximum absolute atomic E-state index is 11.9. The van der Waals surface area contributed by atoms with Crippen molar-refractivity contribution >= 4 is 34.7 Å². The second kappa shape index (κ2) is 8.05.